The summed E-state index contributed by atoms with van der Waals surface area (Å²) in [5.41, 5.74) is 2.09. The Morgan fingerprint density at radius 1 is 1.39 bits per heavy atom. The molecule has 1 aromatic rings. The molecule has 4 nitrogen and oxygen atoms in total. The smallest absolute Gasteiger partial charge is 0.328 e. The van der Waals surface area contributed by atoms with E-state index in [1.165, 1.54) is 0 Å². The van der Waals surface area contributed by atoms with Gasteiger partial charge >= 0.3 is 5.97 Å². The van der Waals surface area contributed by atoms with Crippen molar-refractivity contribution in [2.45, 2.75) is 26.3 Å². The lowest BCUT2D eigenvalue weighted by Crippen LogP contribution is -2.28. The van der Waals surface area contributed by atoms with Gasteiger partial charge < -0.3 is 14.8 Å². The van der Waals surface area contributed by atoms with Gasteiger partial charge in [0.2, 0.25) is 0 Å². The molecule has 0 aliphatic heterocycles. The van der Waals surface area contributed by atoms with Crippen LogP contribution in [0.1, 0.15) is 19.4 Å². The van der Waals surface area contributed by atoms with Crippen molar-refractivity contribution >= 4 is 11.7 Å². The first-order valence-corrected chi connectivity index (χ1v) is 6.19. The molecule has 0 fully saturated rings. The highest BCUT2D eigenvalue weighted by atomic mass is 16.5. The van der Waals surface area contributed by atoms with Crippen molar-refractivity contribution in [3.05, 3.63) is 29.8 Å². The number of nitrogens with one attached hydrogen (secondary N) is 1. The molecule has 0 aliphatic rings. The van der Waals surface area contributed by atoms with Gasteiger partial charge in [-0.15, -0.1) is 0 Å². The lowest BCUT2D eigenvalue weighted by Gasteiger charge is -2.16. The van der Waals surface area contributed by atoms with E-state index in [9.17, 15) is 4.79 Å². The summed E-state index contributed by atoms with van der Waals surface area (Å²) in [6.07, 6.45) is 0.815. The van der Waals surface area contributed by atoms with Gasteiger partial charge in [0.25, 0.3) is 0 Å². The Hall–Kier alpha value is -1.55. The SMILES string of the molecule is CCOC(=O)C(C)Nc1ccccc1CCOC. The molecule has 0 amide bonds. The van der Waals surface area contributed by atoms with E-state index in [-0.39, 0.29) is 12.0 Å². The maximum absolute atomic E-state index is 11.6. The molecular weight excluding hydrogens is 230 g/mol. The van der Waals surface area contributed by atoms with Crippen LogP contribution in [0, 0.1) is 0 Å². The lowest BCUT2D eigenvalue weighted by molar-refractivity contribution is -0.143. The van der Waals surface area contributed by atoms with Crippen molar-refractivity contribution in [1.82, 2.24) is 0 Å². The topological polar surface area (TPSA) is 47.6 Å². The largest absolute Gasteiger partial charge is 0.464 e. The Bertz CT molecular complexity index is 379. The predicted octanol–water partition coefficient (Wildman–Crippen LogP) is 2.24. The highest BCUT2D eigenvalue weighted by molar-refractivity contribution is 5.79. The third-order valence-electron chi connectivity index (χ3n) is 2.61. The zero-order chi connectivity index (χ0) is 13.4. The number of carbonyl (C=O) groups excluding carboxylic acids is 1. The van der Waals surface area contributed by atoms with Crippen LogP contribution < -0.4 is 5.32 Å². The Kier molecular flexibility index (Phi) is 6.22. The highest BCUT2D eigenvalue weighted by Crippen LogP contribution is 2.17. The zero-order valence-corrected chi connectivity index (χ0v) is 11.2. The molecule has 0 bridgehead atoms. The van der Waals surface area contributed by atoms with Gasteiger partial charge in [0.05, 0.1) is 13.2 Å². The van der Waals surface area contributed by atoms with Crippen LogP contribution in [-0.4, -0.2) is 32.3 Å². The molecule has 1 aromatic carbocycles. The van der Waals surface area contributed by atoms with Crippen LogP contribution in [0.4, 0.5) is 5.69 Å². The Morgan fingerprint density at radius 2 is 2.11 bits per heavy atom. The van der Waals surface area contributed by atoms with Gasteiger partial charge in [0.1, 0.15) is 6.04 Å². The van der Waals surface area contributed by atoms with Crippen molar-refractivity contribution < 1.29 is 14.3 Å². The number of carbonyl (C=O) groups is 1. The van der Waals surface area contributed by atoms with Gasteiger partial charge in [-0.3, -0.25) is 0 Å². The van der Waals surface area contributed by atoms with Crippen molar-refractivity contribution in [3.8, 4) is 0 Å². The Morgan fingerprint density at radius 3 is 2.78 bits per heavy atom. The first kappa shape index (κ1) is 14.5. The predicted molar refractivity (Wildman–Crippen MR) is 71.7 cm³/mol. The van der Waals surface area contributed by atoms with E-state index in [2.05, 4.69) is 5.32 Å². The number of rotatable bonds is 7. The number of benzene rings is 1. The summed E-state index contributed by atoms with van der Waals surface area (Å²) in [6, 6.07) is 7.55. The highest BCUT2D eigenvalue weighted by Gasteiger charge is 2.14. The summed E-state index contributed by atoms with van der Waals surface area (Å²) in [7, 11) is 1.68. The van der Waals surface area contributed by atoms with Gasteiger partial charge in [-0.2, -0.15) is 0 Å². The van der Waals surface area contributed by atoms with Crippen LogP contribution in [0.5, 0.6) is 0 Å². The van der Waals surface area contributed by atoms with E-state index in [1.807, 2.05) is 24.3 Å². The number of ether oxygens (including phenoxy) is 2. The molecular formula is C14H21NO3. The zero-order valence-electron chi connectivity index (χ0n) is 11.2. The maximum Gasteiger partial charge on any atom is 0.328 e. The summed E-state index contributed by atoms with van der Waals surface area (Å²) in [6.45, 7) is 4.66. The first-order chi connectivity index (χ1) is 8.69. The van der Waals surface area contributed by atoms with E-state index in [1.54, 1.807) is 21.0 Å². The maximum atomic E-state index is 11.6. The molecule has 0 aromatic heterocycles. The minimum Gasteiger partial charge on any atom is -0.464 e. The van der Waals surface area contributed by atoms with E-state index < -0.39 is 0 Å². The number of esters is 1. The monoisotopic (exact) mass is 251 g/mol. The molecule has 0 spiro atoms. The number of hydrogen-bond donors (Lipinski definition) is 1. The second-order valence-corrected chi connectivity index (χ2v) is 4.02. The normalized spacial score (nSPS) is 11.9. The number of hydrogen-bond acceptors (Lipinski definition) is 4. The fourth-order valence-electron chi connectivity index (χ4n) is 1.65. The quantitative estimate of drug-likeness (QED) is 0.755. The molecule has 0 aliphatic carbocycles. The first-order valence-electron chi connectivity index (χ1n) is 6.19. The summed E-state index contributed by atoms with van der Waals surface area (Å²) in [4.78, 5) is 11.6. The van der Waals surface area contributed by atoms with Crippen molar-refractivity contribution in [2.75, 3.05) is 25.6 Å². The number of methoxy groups -OCH3 is 1. The molecule has 1 N–H and O–H groups in total. The molecule has 4 heteroatoms. The van der Waals surface area contributed by atoms with Crippen molar-refractivity contribution in [2.24, 2.45) is 0 Å². The van der Waals surface area contributed by atoms with Crippen molar-refractivity contribution in [1.29, 1.82) is 0 Å². The third kappa shape index (κ3) is 4.37. The average molecular weight is 251 g/mol. The number of para-hydroxylation sites is 1. The van der Waals surface area contributed by atoms with E-state index in [0.29, 0.717) is 13.2 Å². The second kappa shape index (κ2) is 7.71. The van der Waals surface area contributed by atoms with Gasteiger partial charge in [-0.1, -0.05) is 18.2 Å². The minimum absolute atomic E-state index is 0.237. The minimum atomic E-state index is -0.353. The van der Waals surface area contributed by atoms with Crippen LogP contribution >= 0.6 is 0 Å². The third-order valence-corrected chi connectivity index (χ3v) is 2.61. The van der Waals surface area contributed by atoms with Crippen LogP contribution in [0.15, 0.2) is 24.3 Å². The lowest BCUT2D eigenvalue weighted by atomic mass is 10.1. The van der Waals surface area contributed by atoms with Gasteiger partial charge in [0.15, 0.2) is 0 Å². The van der Waals surface area contributed by atoms with Crippen LogP contribution in [0.3, 0.4) is 0 Å². The number of anilines is 1. The molecule has 0 radical (unpaired) electrons. The Balaban J connectivity index is 2.68. The van der Waals surface area contributed by atoms with Crippen LogP contribution in [-0.2, 0) is 20.7 Å². The molecule has 0 saturated carbocycles. The van der Waals surface area contributed by atoms with E-state index in [4.69, 9.17) is 9.47 Å². The molecule has 100 valence electrons. The van der Waals surface area contributed by atoms with Crippen LogP contribution in [0.25, 0.3) is 0 Å². The van der Waals surface area contributed by atoms with Crippen molar-refractivity contribution in [3.63, 3.8) is 0 Å². The summed E-state index contributed by atoms with van der Waals surface area (Å²) in [5, 5.41) is 3.17. The molecule has 18 heavy (non-hydrogen) atoms. The molecule has 1 atom stereocenters. The molecule has 0 saturated heterocycles. The average Bonchev–Trinajstić information content (AvgIpc) is 2.38. The molecule has 1 unspecified atom stereocenters. The summed E-state index contributed by atoms with van der Waals surface area (Å²) < 4.78 is 10.0. The van der Waals surface area contributed by atoms with Crippen LogP contribution in [0.2, 0.25) is 0 Å². The standard InChI is InChI=1S/C14H21NO3/c1-4-18-14(16)11(2)15-13-8-6-5-7-12(13)9-10-17-3/h5-8,11,15H,4,9-10H2,1-3H3. The van der Waals surface area contributed by atoms with E-state index >= 15 is 0 Å². The second-order valence-electron chi connectivity index (χ2n) is 4.02. The fourth-order valence-corrected chi connectivity index (χ4v) is 1.65. The Labute approximate surface area is 108 Å². The molecule has 1 rings (SSSR count). The van der Waals surface area contributed by atoms with Gasteiger partial charge in [0, 0.05) is 12.8 Å². The summed E-state index contributed by atoms with van der Waals surface area (Å²) in [5.74, 6) is -0.237. The van der Waals surface area contributed by atoms with E-state index in [0.717, 1.165) is 17.7 Å². The fraction of sp³-hybridized carbons (Fsp3) is 0.500. The molecule has 0 heterocycles. The summed E-state index contributed by atoms with van der Waals surface area (Å²) >= 11 is 0. The van der Waals surface area contributed by atoms with Gasteiger partial charge in [-0.05, 0) is 31.9 Å². The van der Waals surface area contributed by atoms with Gasteiger partial charge in [-0.25, -0.2) is 4.79 Å².